The molecular weight excluding hydrogens is 354 g/mol. The average Bonchev–Trinajstić information content (AvgIpc) is 2.54. The molecule has 1 aromatic heterocycles. The number of fused-ring (bicyclic) bond motifs is 1. The van der Waals surface area contributed by atoms with Crippen molar-refractivity contribution < 1.29 is 13.6 Å². The number of aromatic nitrogens is 1. The van der Waals surface area contributed by atoms with Crippen molar-refractivity contribution >= 4 is 45.9 Å². The van der Waals surface area contributed by atoms with Crippen molar-refractivity contribution in [2.24, 2.45) is 0 Å². The highest BCUT2D eigenvalue weighted by molar-refractivity contribution is 8.00. The fraction of sp³-hybridized carbons (Fsp3) is 0.0588. The molecule has 1 heterocycles. The summed E-state index contributed by atoms with van der Waals surface area (Å²) in [5.74, 6) is -1.71. The summed E-state index contributed by atoms with van der Waals surface area (Å²) in [4.78, 5) is 16.6. The van der Waals surface area contributed by atoms with Crippen LogP contribution in [-0.4, -0.2) is 16.6 Å². The number of pyridine rings is 1. The molecule has 3 aromatic rings. The van der Waals surface area contributed by atoms with Crippen LogP contribution in [0.5, 0.6) is 0 Å². The molecule has 0 saturated carbocycles. The van der Waals surface area contributed by atoms with Gasteiger partial charge in [-0.05, 0) is 30.3 Å². The van der Waals surface area contributed by atoms with E-state index in [9.17, 15) is 13.6 Å². The van der Waals surface area contributed by atoms with Gasteiger partial charge >= 0.3 is 0 Å². The molecule has 0 bridgehead atoms. The number of halogens is 3. The van der Waals surface area contributed by atoms with Crippen LogP contribution in [0.15, 0.2) is 53.6 Å². The Hall–Kier alpha value is -2.18. The third-order valence-electron chi connectivity index (χ3n) is 3.20. The number of thioether (sulfide) groups is 1. The second-order valence-electron chi connectivity index (χ2n) is 4.94. The first-order chi connectivity index (χ1) is 11.5. The fourth-order valence-corrected chi connectivity index (χ4v) is 3.12. The predicted octanol–water partition coefficient (Wildman–Crippen LogP) is 4.90. The number of anilines is 1. The first-order valence-corrected chi connectivity index (χ1v) is 8.31. The maximum Gasteiger partial charge on any atom is 0.234 e. The molecule has 0 saturated heterocycles. The SMILES string of the molecule is O=C(CSc1ccc(F)cc1F)Nc1cc(Cl)cc2cccnc12. The highest BCUT2D eigenvalue weighted by Crippen LogP contribution is 2.27. The Labute approximate surface area is 146 Å². The van der Waals surface area contributed by atoms with Crippen LogP contribution in [0.25, 0.3) is 10.9 Å². The van der Waals surface area contributed by atoms with E-state index >= 15 is 0 Å². The zero-order chi connectivity index (χ0) is 17.1. The van der Waals surface area contributed by atoms with Gasteiger partial charge in [-0.2, -0.15) is 0 Å². The quantitative estimate of drug-likeness (QED) is 0.670. The zero-order valence-electron chi connectivity index (χ0n) is 12.2. The molecule has 0 radical (unpaired) electrons. The van der Waals surface area contributed by atoms with Gasteiger partial charge in [-0.25, -0.2) is 8.78 Å². The highest BCUT2D eigenvalue weighted by atomic mass is 35.5. The van der Waals surface area contributed by atoms with E-state index in [4.69, 9.17) is 11.6 Å². The molecule has 0 aliphatic rings. The van der Waals surface area contributed by atoms with E-state index in [0.717, 1.165) is 29.3 Å². The Balaban J connectivity index is 1.73. The molecule has 122 valence electrons. The van der Waals surface area contributed by atoms with Crippen LogP contribution in [0, 0.1) is 11.6 Å². The van der Waals surface area contributed by atoms with Crippen molar-refractivity contribution in [3.8, 4) is 0 Å². The first-order valence-electron chi connectivity index (χ1n) is 6.95. The van der Waals surface area contributed by atoms with Gasteiger partial charge in [-0.3, -0.25) is 9.78 Å². The lowest BCUT2D eigenvalue weighted by atomic mass is 10.2. The summed E-state index contributed by atoms with van der Waals surface area (Å²) in [7, 11) is 0. The molecule has 3 nitrogen and oxygen atoms in total. The molecule has 0 aliphatic heterocycles. The highest BCUT2D eigenvalue weighted by Gasteiger charge is 2.11. The third-order valence-corrected chi connectivity index (χ3v) is 4.46. The molecule has 0 fully saturated rings. The summed E-state index contributed by atoms with van der Waals surface area (Å²) in [6.45, 7) is 0. The lowest BCUT2D eigenvalue weighted by molar-refractivity contribution is -0.113. The van der Waals surface area contributed by atoms with Crippen molar-refractivity contribution in [1.29, 1.82) is 0 Å². The van der Waals surface area contributed by atoms with Crippen LogP contribution < -0.4 is 5.32 Å². The number of carbonyl (C=O) groups excluding carboxylic acids is 1. The summed E-state index contributed by atoms with van der Waals surface area (Å²) in [5, 5.41) is 4.00. The molecule has 0 aliphatic carbocycles. The molecule has 0 atom stereocenters. The molecule has 1 amide bonds. The van der Waals surface area contributed by atoms with Gasteiger partial charge in [0, 0.05) is 27.6 Å². The van der Waals surface area contributed by atoms with E-state index in [1.54, 1.807) is 24.4 Å². The van der Waals surface area contributed by atoms with Crippen LogP contribution in [0.4, 0.5) is 14.5 Å². The lowest BCUT2D eigenvalue weighted by Gasteiger charge is -2.09. The number of hydrogen-bond donors (Lipinski definition) is 1. The maximum absolute atomic E-state index is 13.6. The fourth-order valence-electron chi connectivity index (χ4n) is 2.17. The largest absolute Gasteiger partial charge is 0.323 e. The smallest absolute Gasteiger partial charge is 0.234 e. The number of amides is 1. The number of nitrogens with one attached hydrogen (secondary N) is 1. The maximum atomic E-state index is 13.6. The van der Waals surface area contributed by atoms with E-state index in [-0.39, 0.29) is 16.6 Å². The van der Waals surface area contributed by atoms with Crippen LogP contribution in [0.2, 0.25) is 5.02 Å². The van der Waals surface area contributed by atoms with E-state index < -0.39 is 11.6 Å². The van der Waals surface area contributed by atoms with Gasteiger partial charge < -0.3 is 5.32 Å². The van der Waals surface area contributed by atoms with Crippen molar-refractivity contribution in [1.82, 2.24) is 4.98 Å². The van der Waals surface area contributed by atoms with Crippen LogP contribution in [0.1, 0.15) is 0 Å². The van der Waals surface area contributed by atoms with Crippen molar-refractivity contribution in [3.05, 3.63) is 65.3 Å². The van der Waals surface area contributed by atoms with Gasteiger partial charge in [0.05, 0.1) is 17.0 Å². The minimum Gasteiger partial charge on any atom is -0.323 e. The molecule has 2 aromatic carbocycles. The van der Waals surface area contributed by atoms with Gasteiger partial charge in [0.2, 0.25) is 5.91 Å². The summed E-state index contributed by atoms with van der Waals surface area (Å²) in [6.07, 6.45) is 1.62. The summed E-state index contributed by atoms with van der Waals surface area (Å²) >= 11 is 7.03. The second-order valence-corrected chi connectivity index (χ2v) is 6.39. The van der Waals surface area contributed by atoms with Gasteiger partial charge in [0.25, 0.3) is 0 Å². The van der Waals surface area contributed by atoms with Gasteiger partial charge in [0.15, 0.2) is 0 Å². The molecular formula is C17H11ClF2N2OS. The van der Waals surface area contributed by atoms with E-state index in [1.807, 2.05) is 6.07 Å². The Kier molecular flexibility index (Phi) is 4.97. The van der Waals surface area contributed by atoms with Gasteiger partial charge in [-0.1, -0.05) is 17.7 Å². The molecule has 0 unspecified atom stereocenters. The Morgan fingerprint density at radius 1 is 1.21 bits per heavy atom. The monoisotopic (exact) mass is 364 g/mol. The van der Waals surface area contributed by atoms with E-state index in [1.165, 1.54) is 6.07 Å². The zero-order valence-corrected chi connectivity index (χ0v) is 13.8. The molecule has 1 N–H and O–H groups in total. The number of nitrogens with zero attached hydrogens (tertiary/aromatic N) is 1. The first kappa shape index (κ1) is 16.7. The van der Waals surface area contributed by atoms with Crippen LogP contribution >= 0.6 is 23.4 Å². The molecule has 7 heteroatoms. The number of carbonyl (C=O) groups is 1. The number of hydrogen-bond acceptors (Lipinski definition) is 3. The molecule has 0 spiro atoms. The number of benzene rings is 2. The van der Waals surface area contributed by atoms with Crippen LogP contribution in [-0.2, 0) is 4.79 Å². The topological polar surface area (TPSA) is 42.0 Å². The Morgan fingerprint density at radius 3 is 2.83 bits per heavy atom. The van der Waals surface area contributed by atoms with Crippen LogP contribution in [0.3, 0.4) is 0 Å². The standard InChI is InChI=1S/C17H11ClF2N2OS/c18-11-6-10-2-1-5-21-17(10)14(7-11)22-16(23)9-24-15-4-3-12(19)8-13(15)20/h1-8H,9H2,(H,22,23). The summed E-state index contributed by atoms with van der Waals surface area (Å²) < 4.78 is 26.4. The minimum absolute atomic E-state index is 0.0244. The Morgan fingerprint density at radius 2 is 2.04 bits per heavy atom. The second kappa shape index (κ2) is 7.15. The average molecular weight is 365 g/mol. The van der Waals surface area contributed by atoms with E-state index in [0.29, 0.717) is 16.2 Å². The molecule has 3 rings (SSSR count). The van der Waals surface area contributed by atoms with Gasteiger partial charge in [0.1, 0.15) is 11.6 Å². The summed E-state index contributed by atoms with van der Waals surface area (Å²) in [6, 6.07) is 10.2. The van der Waals surface area contributed by atoms with E-state index in [2.05, 4.69) is 10.3 Å². The number of rotatable bonds is 4. The van der Waals surface area contributed by atoms with Crippen molar-refractivity contribution in [3.63, 3.8) is 0 Å². The normalized spacial score (nSPS) is 10.8. The Bertz CT molecular complexity index is 920. The minimum atomic E-state index is -0.692. The van der Waals surface area contributed by atoms with Crippen molar-refractivity contribution in [2.45, 2.75) is 4.90 Å². The predicted molar refractivity (Wildman–Crippen MR) is 92.5 cm³/mol. The lowest BCUT2D eigenvalue weighted by Crippen LogP contribution is -2.14. The third kappa shape index (κ3) is 3.83. The van der Waals surface area contributed by atoms with Crippen molar-refractivity contribution in [2.75, 3.05) is 11.1 Å². The molecule has 24 heavy (non-hydrogen) atoms. The summed E-state index contributed by atoms with van der Waals surface area (Å²) in [5.41, 5.74) is 1.11. The van der Waals surface area contributed by atoms with Gasteiger partial charge in [-0.15, -0.1) is 11.8 Å².